The molecule has 0 bridgehead atoms. The molecule has 0 aromatic heterocycles. The van der Waals surface area contributed by atoms with Gasteiger partial charge >= 0.3 is 0 Å². The van der Waals surface area contributed by atoms with Crippen LogP contribution in [0.2, 0.25) is 0 Å². The highest BCUT2D eigenvalue weighted by Crippen LogP contribution is 2.79. The van der Waals surface area contributed by atoms with Gasteiger partial charge < -0.3 is 0 Å². The van der Waals surface area contributed by atoms with Crippen molar-refractivity contribution in [2.75, 3.05) is 0 Å². The minimum absolute atomic E-state index is 0.830. The molecule has 0 spiro atoms. The van der Waals surface area contributed by atoms with E-state index in [2.05, 4.69) is 62.3 Å². The predicted octanol–water partition coefficient (Wildman–Crippen LogP) is 21.5. The van der Waals surface area contributed by atoms with E-state index in [0.29, 0.717) is 0 Å². The molecule has 0 heterocycles. The minimum Gasteiger partial charge on any atom is -0.0622 e. The summed E-state index contributed by atoms with van der Waals surface area (Å²) in [7, 11) is 0. The maximum absolute atomic E-state index is 2.64. The van der Waals surface area contributed by atoms with Crippen molar-refractivity contribution in [1.29, 1.82) is 0 Å². The third-order valence-corrected chi connectivity index (χ3v) is 22.2. The summed E-state index contributed by atoms with van der Waals surface area (Å²) in [6.07, 6.45) is 57.4. The lowest BCUT2D eigenvalue weighted by Crippen LogP contribution is -2.75. The van der Waals surface area contributed by atoms with Gasteiger partial charge in [-0.1, -0.05) is 281 Å². The average molecular weight is 890 g/mol. The molecule has 13 aliphatic carbocycles. The fourth-order valence-electron chi connectivity index (χ4n) is 13.0. The van der Waals surface area contributed by atoms with E-state index in [1.807, 2.05) is 0 Å². The van der Waals surface area contributed by atoms with E-state index in [9.17, 15) is 0 Å². The molecule has 64 heavy (non-hydrogen) atoms. The first-order chi connectivity index (χ1) is 31.1. The minimum atomic E-state index is 0.830. The molecule has 0 saturated heterocycles. The van der Waals surface area contributed by atoms with Crippen molar-refractivity contribution in [2.45, 2.75) is 306 Å². The van der Waals surface area contributed by atoms with Gasteiger partial charge in [0.05, 0.1) is 0 Å². The van der Waals surface area contributed by atoms with Crippen LogP contribution in [0.25, 0.3) is 0 Å². The lowest BCUT2D eigenvalue weighted by Gasteiger charge is -2.80. The van der Waals surface area contributed by atoms with Crippen molar-refractivity contribution in [1.82, 2.24) is 0 Å². The molecule has 0 aliphatic heterocycles. The molecule has 0 heteroatoms. The van der Waals surface area contributed by atoms with Gasteiger partial charge in [0.15, 0.2) is 0 Å². The van der Waals surface area contributed by atoms with Crippen LogP contribution in [0.15, 0.2) is 0 Å². The van der Waals surface area contributed by atoms with Crippen LogP contribution in [-0.4, -0.2) is 0 Å². The van der Waals surface area contributed by atoms with Crippen LogP contribution < -0.4 is 0 Å². The van der Waals surface area contributed by atoms with E-state index in [4.69, 9.17) is 0 Å². The van der Waals surface area contributed by atoms with Gasteiger partial charge in [-0.3, -0.25) is 0 Å². The van der Waals surface area contributed by atoms with Crippen LogP contribution in [-0.2, 0) is 0 Å². The molecule has 0 aromatic rings. The van der Waals surface area contributed by atoms with E-state index in [1.54, 1.807) is 38.5 Å². The van der Waals surface area contributed by atoms with E-state index in [0.717, 1.165) is 88.8 Å². The zero-order valence-corrected chi connectivity index (χ0v) is 45.7. The Bertz CT molecular complexity index is 937. The summed E-state index contributed by atoms with van der Waals surface area (Å²) in [5.41, 5.74) is 0. The first kappa shape index (κ1) is 54.9. The smallest absolute Gasteiger partial charge is 0.0315 e. The molecular formula is C64H120. The number of rotatable bonds is 0. The lowest BCUT2D eigenvalue weighted by atomic mass is 9.25. The summed E-state index contributed by atoms with van der Waals surface area (Å²) < 4.78 is 0. The third kappa shape index (κ3) is 16.3. The quantitative estimate of drug-likeness (QED) is 0.213. The molecule has 0 N–H and O–H groups in total. The maximum atomic E-state index is 2.64. The summed E-state index contributed by atoms with van der Waals surface area (Å²) in [5, 5.41) is 0. The highest BCUT2D eigenvalue weighted by molar-refractivity contribution is 5.21. The Morgan fingerprint density at radius 1 is 0.172 bits per heavy atom. The molecule has 13 saturated carbocycles. The molecule has 13 fully saturated rings. The summed E-state index contributed by atoms with van der Waals surface area (Å²) in [6, 6.07) is 0. The zero-order valence-electron chi connectivity index (χ0n) is 45.7. The van der Waals surface area contributed by atoms with E-state index >= 15 is 0 Å². The highest BCUT2D eigenvalue weighted by atomic mass is 14.8. The second-order valence-electron chi connectivity index (χ2n) is 26.0. The first-order valence-electron chi connectivity index (χ1n) is 31.1. The van der Waals surface area contributed by atoms with Crippen molar-refractivity contribution >= 4 is 0 Å². The monoisotopic (exact) mass is 889 g/mol. The van der Waals surface area contributed by atoms with Crippen LogP contribution in [0.1, 0.15) is 306 Å². The molecule has 376 valence electrons. The van der Waals surface area contributed by atoms with Crippen LogP contribution in [0.4, 0.5) is 0 Å². The van der Waals surface area contributed by atoms with Gasteiger partial charge in [-0.05, 0) is 126 Å². The van der Waals surface area contributed by atoms with Crippen molar-refractivity contribution in [2.24, 2.45) is 101 Å². The largest absolute Gasteiger partial charge is 0.0622 e. The van der Waals surface area contributed by atoms with Gasteiger partial charge in [0.1, 0.15) is 0 Å². The Hall–Kier alpha value is 0. The molecule has 0 amide bonds. The second kappa shape index (κ2) is 30.6. The highest BCUT2D eigenvalue weighted by Gasteiger charge is 2.74. The Balaban J connectivity index is 0.000000188. The second-order valence-corrected chi connectivity index (χ2v) is 26.0. The summed E-state index contributed by atoms with van der Waals surface area (Å²) >= 11 is 0. The summed E-state index contributed by atoms with van der Waals surface area (Å²) in [5.74, 6) is 16.8. The summed E-state index contributed by atoms with van der Waals surface area (Å²) in [4.78, 5) is 0. The van der Waals surface area contributed by atoms with Crippen LogP contribution in [0.3, 0.4) is 0 Å². The van der Waals surface area contributed by atoms with Gasteiger partial charge in [-0.25, -0.2) is 0 Å². The molecule has 16 unspecified atom stereocenters. The van der Waals surface area contributed by atoms with Crippen LogP contribution in [0, 0.1) is 101 Å². The van der Waals surface area contributed by atoms with Gasteiger partial charge in [0.25, 0.3) is 0 Å². The Kier molecular flexibility index (Phi) is 26.2. The predicted molar refractivity (Wildman–Crippen MR) is 286 cm³/mol. The van der Waals surface area contributed by atoms with E-state index in [1.165, 1.54) is 217 Å². The molecule has 0 nitrogen and oxygen atoms in total. The molecule has 16 atom stereocenters. The van der Waals surface area contributed by atoms with E-state index < -0.39 is 0 Å². The number of hydrogen-bond donors (Lipinski definition) is 0. The third-order valence-electron chi connectivity index (χ3n) is 22.2. The van der Waals surface area contributed by atoms with Crippen molar-refractivity contribution in [3.63, 3.8) is 0 Å². The zero-order chi connectivity index (χ0) is 45.7. The lowest BCUT2D eigenvalue weighted by molar-refractivity contribution is -0.323. The topological polar surface area (TPSA) is 0 Å². The Morgan fingerprint density at radius 2 is 0.328 bits per heavy atom. The first-order valence-corrected chi connectivity index (χ1v) is 31.1. The van der Waals surface area contributed by atoms with Gasteiger partial charge in [-0.15, -0.1) is 0 Å². The van der Waals surface area contributed by atoms with Crippen molar-refractivity contribution < 1.29 is 0 Å². The molecule has 13 rings (SSSR count). The Morgan fingerprint density at radius 3 is 0.500 bits per heavy atom. The maximum Gasteiger partial charge on any atom is -0.0315 e. The van der Waals surface area contributed by atoms with E-state index in [-0.39, 0.29) is 0 Å². The van der Waals surface area contributed by atoms with Crippen molar-refractivity contribution in [3.05, 3.63) is 0 Å². The van der Waals surface area contributed by atoms with Gasteiger partial charge in [0.2, 0.25) is 0 Å². The molecular weight excluding hydrogens is 769 g/mol. The van der Waals surface area contributed by atoms with Crippen LogP contribution >= 0.6 is 0 Å². The fourth-order valence-corrected chi connectivity index (χ4v) is 13.0. The summed E-state index contributed by atoms with van der Waals surface area (Å²) in [6.45, 7) is 23.5. The fraction of sp³-hybridized carbons (Fsp3) is 1.00. The molecule has 0 aromatic carbocycles. The standard InChI is InChI=1S/C32H56.8C4H8/c1-16-14-27-28(32-30-26-13-11-10-12-25(26)29(30)31(27)32)15-17(2)19(4)21(6)23(8)24(9)22(7)20(5)18(16)3;8*1-2-4-3-1/h16-32H,10-15H2,1-9H3;8*1-4H2. The van der Waals surface area contributed by atoms with Gasteiger partial charge in [0, 0.05) is 0 Å². The number of hydrogen-bond acceptors (Lipinski definition) is 0. The Labute approximate surface area is 405 Å². The van der Waals surface area contributed by atoms with Crippen LogP contribution in [0.5, 0.6) is 0 Å². The molecule has 13 aliphatic rings. The van der Waals surface area contributed by atoms with Gasteiger partial charge in [-0.2, -0.15) is 0 Å². The SMILES string of the molecule is C1CCC1.C1CCC1.C1CCC1.C1CCC1.C1CCC1.C1CCC1.C1CCC1.C1CCC1.CC1CC2C(CC(C)C(C)C(C)C(C)C(C)C(C)C(C)C1C)C1C3C4CCCCC4C3C21. The average Bonchev–Trinajstić information content (AvgIpc) is 3.05. The van der Waals surface area contributed by atoms with Crippen molar-refractivity contribution in [3.8, 4) is 0 Å². The molecule has 0 radical (unpaired) electrons. The number of fused-ring (bicyclic) bond motifs is 10. The normalized spacial score (nSPS) is 43.4.